The van der Waals surface area contributed by atoms with Crippen LogP contribution in [0.15, 0.2) is 158 Å². The first-order valence-electron chi connectivity index (χ1n) is 15.2. The Hall–Kier alpha value is -4.88. The minimum Gasteiger partial charge on any atom is -0.356 e. The molecule has 0 radical (unpaired) electrons. The van der Waals surface area contributed by atoms with Crippen molar-refractivity contribution in [2.45, 2.75) is 5.41 Å². The summed E-state index contributed by atoms with van der Waals surface area (Å²) in [5.74, 6) is 0. The average molecular weight is 491 g/mol. The number of hydrogen-bond donors (Lipinski definition) is 1. The molecule has 0 heterocycles. The van der Waals surface area contributed by atoms with E-state index >= 15 is 0 Å². The minimum absolute atomic E-state index is 0.199. The Kier molecular flexibility index (Phi) is 4.25. The van der Waals surface area contributed by atoms with E-state index in [1.54, 1.807) is 12.1 Å². The van der Waals surface area contributed by atoms with Crippen LogP contribution in [0.3, 0.4) is 0 Å². The van der Waals surface area contributed by atoms with Crippen LogP contribution in [0.4, 0.5) is 11.4 Å². The molecule has 0 bridgehead atoms. The highest BCUT2D eigenvalue weighted by molar-refractivity contribution is 5.86. The topological polar surface area (TPSA) is 12.0 Å². The Morgan fingerprint density at radius 1 is 0.447 bits per heavy atom. The van der Waals surface area contributed by atoms with Gasteiger partial charge in [-0.3, -0.25) is 0 Å². The summed E-state index contributed by atoms with van der Waals surface area (Å²) in [7, 11) is 0. The van der Waals surface area contributed by atoms with E-state index in [1.807, 2.05) is 12.1 Å². The van der Waals surface area contributed by atoms with Crippen molar-refractivity contribution in [1.29, 1.82) is 0 Å². The van der Waals surface area contributed by atoms with Gasteiger partial charge in [-0.2, -0.15) is 0 Å². The van der Waals surface area contributed by atoms with Gasteiger partial charge in [-0.05, 0) is 68.8 Å². The molecule has 6 aromatic rings. The number of anilines is 2. The molecule has 1 nitrogen and oxygen atoms in total. The van der Waals surface area contributed by atoms with Crippen molar-refractivity contribution in [1.82, 2.24) is 0 Å². The van der Waals surface area contributed by atoms with Gasteiger partial charge in [-0.15, -0.1) is 0 Å². The lowest BCUT2D eigenvalue weighted by Gasteiger charge is -2.34. The van der Waals surface area contributed by atoms with Crippen molar-refractivity contribution in [3.8, 4) is 22.3 Å². The molecular formula is C37H27N. The second-order valence-electron chi connectivity index (χ2n) is 9.49. The molecule has 0 spiro atoms. The molecule has 6 aromatic carbocycles. The third kappa shape index (κ3) is 3.55. The Morgan fingerprint density at radius 3 is 1.55 bits per heavy atom. The molecule has 0 aliphatic heterocycles. The zero-order valence-corrected chi connectivity index (χ0v) is 20.6. The first-order chi connectivity index (χ1) is 20.9. The first kappa shape index (κ1) is 17.6. The molecule has 180 valence electrons. The fourth-order valence-corrected chi connectivity index (χ4v) is 5.80. The highest BCUT2D eigenvalue weighted by Crippen LogP contribution is 2.55. The molecule has 0 saturated carbocycles. The summed E-state index contributed by atoms with van der Waals surface area (Å²) >= 11 is 0. The largest absolute Gasteiger partial charge is 0.356 e. The lowest BCUT2D eigenvalue weighted by atomic mass is 9.68. The monoisotopic (exact) mass is 490 g/mol. The molecule has 1 heteroatoms. The molecular weight excluding hydrogens is 458 g/mol. The van der Waals surface area contributed by atoms with Crippen LogP contribution < -0.4 is 5.32 Å². The van der Waals surface area contributed by atoms with Gasteiger partial charge >= 0.3 is 0 Å². The van der Waals surface area contributed by atoms with Gasteiger partial charge in [-0.1, -0.05) is 133 Å². The van der Waals surface area contributed by atoms with Crippen LogP contribution in [0.2, 0.25) is 0 Å². The maximum Gasteiger partial charge on any atom is 0.0713 e. The van der Waals surface area contributed by atoms with E-state index < -0.39 is 5.41 Å². The summed E-state index contributed by atoms with van der Waals surface area (Å²) in [5.41, 5.74) is 9.52. The van der Waals surface area contributed by atoms with E-state index in [9.17, 15) is 0 Å². The summed E-state index contributed by atoms with van der Waals surface area (Å²) in [5, 5.41) is 3.45. The number of rotatable bonds is 5. The standard InChI is InChI=1S/C37H27N/c1-3-11-27(12-4-1)28-19-23-31(24-20-28)38-32-25-21-30(22-26-32)37(29-13-5-2-6-14-29)35-17-9-7-15-33(35)34-16-8-10-18-36(34)37/h1-26,38H/i1D,3D,4D,11D,12D. The van der Waals surface area contributed by atoms with E-state index in [0.717, 1.165) is 11.4 Å². The summed E-state index contributed by atoms with van der Waals surface area (Å²) in [6, 6.07) is 42.4. The number of nitrogens with one attached hydrogen (secondary N) is 1. The van der Waals surface area contributed by atoms with Crippen LogP contribution in [0.1, 0.15) is 29.1 Å². The third-order valence-electron chi connectivity index (χ3n) is 7.44. The lowest BCUT2D eigenvalue weighted by Crippen LogP contribution is -2.28. The Morgan fingerprint density at radius 2 is 0.947 bits per heavy atom. The summed E-state index contributed by atoms with van der Waals surface area (Å²) < 4.78 is 40.4. The molecule has 1 aliphatic carbocycles. The van der Waals surface area contributed by atoms with Gasteiger partial charge in [0.25, 0.3) is 0 Å². The minimum atomic E-state index is -0.446. The van der Waals surface area contributed by atoms with Gasteiger partial charge in [0.1, 0.15) is 0 Å². The fourth-order valence-electron chi connectivity index (χ4n) is 5.80. The van der Waals surface area contributed by atoms with Crippen LogP contribution in [0.25, 0.3) is 22.3 Å². The highest BCUT2D eigenvalue weighted by atomic mass is 14.9. The normalized spacial score (nSPS) is 14.8. The second-order valence-corrected chi connectivity index (χ2v) is 9.49. The molecule has 0 fully saturated rings. The zero-order valence-electron chi connectivity index (χ0n) is 25.6. The van der Waals surface area contributed by atoms with Gasteiger partial charge in [0.15, 0.2) is 0 Å². The lowest BCUT2D eigenvalue weighted by molar-refractivity contribution is 0.768. The van der Waals surface area contributed by atoms with E-state index in [0.29, 0.717) is 5.56 Å². The Bertz CT molecular complexity index is 1910. The fraction of sp³-hybridized carbons (Fsp3) is 0.0270. The summed E-state index contributed by atoms with van der Waals surface area (Å²) in [6.07, 6.45) is 0. The number of fused-ring (bicyclic) bond motifs is 3. The molecule has 0 amide bonds. The first-order valence-corrected chi connectivity index (χ1v) is 12.7. The molecule has 0 atom stereocenters. The van der Waals surface area contributed by atoms with E-state index in [2.05, 4.69) is 108 Å². The van der Waals surface area contributed by atoms with Crippen molar-refractivity contribution in [3.63, 3.8) is 0 Å². The highest BCUT2D eigenvalue weighted by Gasteiger charge is 2.45. The molecule has 7 rings (SSSR count). The van der Waals surface area contributed by atoms with Gasteiger partial charge in [0.05, 0.1) is 12.3 Å². The van der Waals surface area contributed by atoms with E-state index in [1.165, 1.54) is 33.4 Å². The van der Waals surface area contributed by atoms with Gasteiger partial charge in [0.2, 0.25) is 0 Å². The van der Waals surface area contributed by atoms with Crippen molar-refractivity contribution < 1.29 is 6.85 Å². The molecule has 38 heavy (non-hydrogen) atoms. The van der Waals surface area contributed by atoms with E-state index in [-0.39, 0.29) is 35.8 Å². The number of hydrogen-bond acceptors (Lipinski definition) is 1. The average Bonchev–Trinajstić information content (AvgIpc) is 3.36. The smallest absolute Gasteiger partial charge is 0.0713 e. The van der Waals surface area contributed by atoms with Gasteiger partial charge in [0, 0.05) is 11.4 Å². The predicted molar refractivity (Wildman–Crippen MR) is 159 cm³/mol. The van der Waals surface area contributed by atoms with Crippen LogP contribution in [-0.2, 0) is 5.41 Å². The third-order valence-corrected chi connectivity index (χ3v) is 7.44. The quantitative estimate of drug-likeness (QED) is 0.253. The molecule has 0 aromatic heterocycles. The van der Waals surface area contributed by atoms with Gasteiger partial charge < -0.3 is 5.32 Å². The van der Waals surface area contributed by atoms with Crippen LogP contribution in [-0.4, -0.2) is 0 Å². The van der Waals surface area contributed by atoms with Crippen LogP contribution >= 0.6 is 0 Å². The van der Waals surface area contributed by atoms with Crippen LogP contribution in [0.5, 0.6) is 0 Å². The summed E-state index contributed by atoms with van der Waals surface area (Å²) in [6.45, 7) is 0. The second kappa shape index (κ2) is 9.21. The van der Waals surface area contributed by atoms with E-state index in [4.69, 9.17) is 6.85 Å². The molecule has 1 N–H and O–H groups in total. The SMILES string of the molecule is [2H]c1c([2H])c([2H])c(-c2ccc(Nc3ccc(C4(c5ccccc5)c5ccccc5-c5ccccc54)cc3)cc2)c([2H])c1[2H]. The van der Waals surface area contributed by atoms with Crippen molar-refractivity contribution in [2.75, 3.05) is 5.32 Å². The maximum absolute atomic E-state index is 8.28. The van der Waals surface area contributed by atoms with Crippen molar-refractivity contribution in [3.05, 3.63) is 180 Å². The van der Waals surface area contributed by atoms with Crippen molar-refractivity contribution >= 4 is 11.4 Å². The Balaban J connectivity index is 1.25. The van der Waals surface area contributed by atoms with Crippen molar-refractivity contribution in [2.24, 2.45) is 0 Å². The molecule has 0 unspecified atom stereocenters. The predicted octanol–water partition coefficient (Wildman–Crippen LogP) is 9.46. The number of benzene rings is 6. The maximum atomic E-state index is 8.28. The zero-order chi connectivity index (χ0) is 29.7. The molecule has 1 aliphatic rings. The Labute approximate surface area is 231 Å². The summed E-state index contributed by atoms with van der Waals surface area (Å²) in [4.78, 5) is 0. The van der Waals surface area contributed by atoms with Crippen LogP contribution in [0, 0.1) is 0 Å². The molecule has 0 saturated heterocycles. The van der Waals surface area contributed by atoms with Gasteiger partial charge in [-0.25, -0.2) is 0 Å².